The van der Waals surface area contributed by atoms with Gasteiger partial charge in [0.25, 0.3) is 11.5 Å². The third kappa shape index (κ3) is 3.93. The molecule has 6 nitrogen and oxygen atoms in total. The Hall–Kier alpha value is -2.28. The van der Waals surface area contributed by atoms with Crippen molar-refractivity contribution in [3.63, 3.8) is 0 Å². The summed E-state index contributed by atoms with van der Waals surface area (Å²) in [6.45, 7) is -0.107. The molecule has 9 heteroatoms. The number of para-hydroxylation sites is 1. The lowest BCUT2D eigenvalue weighted by Gasteiger charge is -2.15. The number of hydrogen-bond donors (Lipinski definition) is 1. The van der Waals surface area contributed by atoms with Crippen molar-refractivity contribution in [3.8, 4) is 5.75 Å². The van der Waals surface area contributed by atoms with E-state index in [1.807, 2.05) is 0 Å². The molecule has 0 spiro atoms. The number of ether oxygens (including phenoxy) is 1. The third-order valence-electron chi connectivity index (χ3n) is 3.45. The van der Waals surface area contributed by atoms with Crippen molar-refractivity contribution in [3.05, 3.63) is 68.7 Å². The van der Waals surface area contributed by atoms with Gasteiger partial charge < -0.3 is 4.74 Å². The molecule has 0 bridgehead atoms. The van der Waals surface area contributed by atoms with Crippen LogP contribution in [0.1, 0.15) is 5.82 Å². The zero-order chi connectivity index (χ0) is 18.7. The Morgan fingerprint density at radius 2 is 1.96 bits per heavy atom. The second kappa shape index (κ2) is 7.95. The molecule has 1 N–H and O–H groups in total. The maximum atomic E-state index is 12.7. The number of nitrogens with one attached hydrogen (secondary N) is 1. The van der Waals surface area contributed by atoms with Gasteiger partial charge in [-0.15, -0.1) is 11.6 Å². The molecule has 0 saturated carbocycles. The Morgan fingerprint density at radius 3 is 2.69 bits per heavy atom. The second-order valence-corrected chi connectivity index (χ2v) is 6.33. The number of nitrogens with zero attached hydrogens (tertiary/aromatic N) is 2. The summed E-state index contributed by atoms with van der Waals surface area (Å²) < 4.78 is 6.67. The summed E-state index contributed by atoms with van der Waals surface area (Å²) in [6.07, 6.45) is 0. The van der Waals surface area contributed by atoms with E-state index < -0.39 is 11.5 Å². The summed E-state index contributed by atoms with van der Waals surface area (Å²) in [7, 11) is 0. The number of rotatable bonds is 5. The minimum Gasteiger partial charge on any atom is -0.484 e. The van der Waals surface area contributed by atoms with Crippen LogP contribution in [0.25, 0.3) is 10.9 Å². The molecule has 0 radical (unpaired) electrons. The van der Waals surface area contributed by atoms with Crippen molar-refractivity contribution in [2.75, 3.05) is 11.3 Å². The SMILES string of the molecule is O=C(CCl)Nn1c(COc2ccc(Cl)cc2Cl)nc2ccccc2c1=O. The smallest absolute Gasteiger partial charge is 0.280 e. The summed E-state index contributed by atoms with van der Waals surface area (Å²) in [4.78, 5) is 28.8. The Kier molecular flexibility index (Phi) is 5.66. The highest BCUT2D eigenvalue weighted by Crippen LogP contribution is 2.28. The van der Waals surface area contributed by atoms with E-state index in [0.29, 0.717) is 26.7 Å². The van der Waals surface area contributed by atoms with Crippen LogP contribution in [0.2, 0.25) is 10.0 Å². The van der Waals surface area contributed by atoms with E-state index in [2.05, 4.69) is 10.4 Å². The molecule has 0 saturated heterocycles. The van der Waals surface area contributed by atoms with Crippen LogP contribution < -0.4 is 15.7 Å². The minimum atomic E-state index is -0.545. The number of aromatic nitrogens is 2. The Bertz CT molecular complexity index is 1040. The van der Waals surface area contributed by atoms with Crippen molar-refractivity contribution >= 4 is 51.6 Å². The monoisotopic (exact) mass is 411 g/mol. The van der Waals surface area contributed by atoms with Crippen LogP contribution in [-0.2, 0) is 11.4 Å². The number of hydrogen-bond acceptors (Lipinski definition) is 4. The van der Waals surface area contributed by atoms with Crippen LogP contribution in [0.15, 0.2) is 47.3 Å². The molecule has 134 valence electrons. The van der Waals surface area contributed by atoms with Crippen LogP contribution in [0.4, 0.5) is 0 Å². The summed E-state index contributed by atoms with van der Waals surface area (Å²) in [5.74, 6) is -0.286. The zero-order valence-electron chi connectivity index (χ0n) is 13.2. The van der Waals surface area contributed by atoms with Gasteiger partial charge in [0.05, 0.1) is 15.9 Å². The molecule has 0 aliphatic heterocycles. The number of benzene rings is 2. The highest BCUT2D eigenvalue weighted by atomic mass is 35.5. The topological polar surface area (TPSA) is 73.2 Å². The number of carbonyl (C=O) groups is 1. The number of amides is 1. The molecule has 0 unspecified atom stereocenters. The predicted octanol–water partition coefficient (Wildman–Crippen LogP) is 3.59. The van der Waals surface area contributed by atoms with Gasteiger partial charge in [-0.3, -0.25) is 15.0 Å². The molecule has 0 aliphatic rings. The largest absolute Gasteiger partial charge is 0.484 e. The molecule has 3 rings (SSSR count). The Labute approximate surface area is 163 Å². The zero-order valence-corrected chi connectivity index (χ0v) is 15.5. The number of carbonyl (C=O) groups excluding carboxylic acids is 1. The molecule has 1 heterocycles. The Balaban J connectivity index is 2.01. The molecule has 0 fully saturated rings. The summed E-state index contributed by atoms with van der Waals surface area (Å²) >= 11 is 17.5. The molecular weight excluding hydrogens is 401 g/mol. The fourth-order valence-electron chi connectivity index (χ4n) is 2.28. The molecule has 0 atom stereocenters. The molecule has 2 aromatic carbocycles. The second-order valence-electron chi connectivity index (χ2n) is 5.22. The van der Waals surface area contributed by atoms with Crippen LogP contribution in [0, 0.1) is 0 Å². The minimum absolute atomic E-state index is 0.107. The van der Waals surface area contributed by atoms with Crippen molar-refractivity contribution in [2.24, 2.45) is 0 Å². The molecule has 3 aromatic rings. The highest BCUT2D eigenvalue weighted by molar-refractivity contribution is 6.35. The summed E-state index contributed by atoms with van der Waals surface area (Å²) in [5, 5.41) is 1.14. The lowest BCUT2D eigenvalue weighted by molar-refractivity contribution is -0.114. The first-order valence-electron chi connectivity index (χ1n) is 7.44. The van der Waals surface area contributed by atoms with Gasteiger partial charge >= 0.3 is 0 Å². The van der Waals surface area contributed by atoms with Crippen LogP contribution >= 0.6 is 34.8 Å². The van der Waals surface area contributed by atoms with Gasteiger partial charge in [-0.1, -0.05) is 35.3 Å². The number of alkyl halides is 1. The lowest BCUT2D eigenvalue weighted by atomic mass is 10.2. The van der Waals surface area contributed by atoms with Gasteiger partial charge in [0, 0.05) is 5.02 Å². The first kappa shape index (κ1) is 18.5. The van der Waals surface area contributed by atoms with Crippen molar-refractivity contribution < 1.29 is 9.53 Å². The maximum Gasteiger partial charge on any atom is 0.280 e. The fraction of sp³-hybridized carbons (Fsp3) is 0.118. The van der Waals surface area contributed by atoms with E-state index in [9.17, 15) is 9.59 Å². The van der Waals surface area contributed by atoms with E-state index in [0.717, 1.165) is 4.68 Å². The lowest BCUT2D eigenvalue weighted by Crippen LogP contribution is -2.37. The average Bonchev–Trinajstić information content (AvgIpc) is 2.63. The van der Waals surface area contributed by atoms with Crippen molar-refractivity contribution in [1.29, 1.82) is 0 Å². The van der Waals surface area contributed by atoms with E-state index in [4.69, 9.17) is 39.5 Å². The van der Waals surface area contributed by atoms with Gasteiger partial charge in [0.2, 0.25) is 0 Å². The van der Waals surface area contributed by atoms with Crippen LogP contribution in [0.5, 0.6) is 5.75 Å². The first-order chi connectivity index (χ1) is 12.5. The van der Waals surface area contributed by atoms with Gasteiger partial charge in [-0.25, -0.2) is 4.98 Å². The van der Waals surface area contributed by atoms with Gasteiger partial charge in [0.15, 0.2) is 5.82 Å². The van der Waals surface area contributed by atoms with Crippen molar-refractivity contribution in [1.82, 2.24) is 9.66 Å². The Morgan fingerprint density at radius 1 is 1.19 bits per heavy atom. The molecule has 1 aromatic heterocycles. The van der Waals surface area contributed by atoms with Gasteiger partial charge in [-0.05, 0) is 30.3 Å². The van der Waals surface area contributed by atoms with E-state index >= 15 is 0 Å². The average molecular weight is 413 g/mol. The van der Waals surface area contributed by atoms with Crippen LogP contribution in [0.3, 0.4) is 0 Å². The quantitative estimate of drug-likeness (QED) is 0.650. The van der Waals surface area contributed by atoms with Crippen LogP contribution in [-0.4, -0.2) is 21.4 Å². The molecular formula is C17H12Cl3N3O3. The first-order valence-corrected chi connectivity index (χ1v) is 8.73. The highest BCUT2D eigenvalue weighted by Gasteiger charge is 2.14. The normalized spacial score (nSPS) is 10.7. The van der Waals surface area contributed by atoms with Crippen molar-refractivity contribution in [2.45, 2.75) is 6.61 Å². The maximum absolute atomic E-state index is 12.7. The van der Waals surface area contributed by atoms with Gasteiger partial charge in [-0.2, -0.15) is 4.68 Å². The van der Waals surface area contributed by atoms with Gasteiger partial charge in [0.1, 0.15) is 18.2 Å². The predicted molar refractivity (Wildman–Crippen MR) is 102 cm³/mol. The molecule has 26 heavy (non-hydrogen) atoms. The summed E-state index contributed by atoms with van der Waals surface area (Å²) in [6, 6.07) is 11.6. The van der Waals surface area contributed by atoms with E-state index in [1.165, 1.54) is 6.07 Å². The molecule has 0 aliphatic carbocycles. The summed E-state index contributed by atoms with van der Waals surface area (Å²) in [5.41, 5.74) is 2.46. The van der Waals surface area contributed by atoms with E-state index in [1.54, 1.807) is 36.4 Å². The number of fused-ring (bicyclic) bond motifs is 1. The third-order valence-corrected chi connectivity index (χ3v) is 4.23. The number of halogens is 3. The fourth-order valence-corrected chi connectivity index (χ4v) is 2.80. The van der Waals surface area contributed by atoms with E-state index in [-0.39, 0.29) is 18.3 Å². The molecule has 1 amide bonds. The standard InChI is InChI=1S/C17H12Cl3N3O3/c18-8-16(24)22-23-15(9-26-14-6-5-10(19)7-12(14)20)21-13-4-2-1-3-11(13)17(23)25/h1-7H,8-9H2,(H,22,24).